The maximum atomic E-state index is 12.4. The third kappa shape index (κ3) is 5.76. The molecule has 1 saturated heterocycles. The lowest BCUT2D eigenvalue weighted by Gasteiger charge is -2.42. The second-order valence-corrected chi connectivity index (χ2v) is 10.3. The van der Waals surface area contributed by atoms with Gasteiger partial charge in [-0.15, -0.1) is 18.8 Å². The Morgan fingerprint density at radius 3 is 2.62 bits per heavy atom. The number of fused-ring (bicyclic) bond motifs is 1. The molecule has 2 aliphatic rings. The van der Waals surface area contributed by atoms with Crippen molar-refractivity contribution < 1.29 is 17.9 Å². The molecule has 0 saturated carbocycles. The number of benzene rings is 2. The Hall–Kier alpha value is -2.24. The maximum absolute atomic E-state index is 12.4. The van der Waals surface area contributed by atoms with Crippen LogP contribution in [-0.2, 0) is 23.1 Å². The maximum Gasteiger partial charge on any atom is 0.211 e. The van der Waals surface area contributed by atoms with E-state index >= 15 is 0 Å². The molecular weight excluding hydrogens is 448 g/mol. The van der Waals surface area contributed by atoms with Crippen LogP contribution in [0, 0.1) is 12.3 Å². The monoisotopic (exact) mass is 476 g/mol. The summed E-state index contributed by atoms with van der Waals surface area (Å²) in [5.41, 5.74) is 1.57. The molecular formula is C24H29ClN2O4S. The molecule has 0 N–H and O–H groups in total. The fraction of sp³-hybridized carbons (Fsp3) is 0.417. The molecule has 0 bridgehead atoms. The van der Waals surface area contributed by atoms with E-state index in [1.807, 2.05) is 42.5 Å². The number of halogens is 1. The standard InChI is InChI=1S/C24H28N2O4S.ClH/c1-3-15-29-22-9-6-7-20(16-22)17-25-13-11-24(12-14-25)19-26(31(2,27)28)18-21-8-4-5-10-23(21)30-24;/h1,4-10,16H,11-15,17-19H2,2H3;1H. The van der Waals surface area contributed by atoms with Crippen LogP contribution in [0.15, 0.2) is 48.5 Å². The normalized spacial score (nSPS) is 18.5. The van der Waals surface area contributed by atoms with Crippen LogP contribution in [0.2, 0.25) is 0 Å². The second kappa shape index (κ2) is 10.1. The number of para-hydroxylation sites is 1. The van der Waals surface area contributed by atoms with Crippen LogP contribution in [-0.4, -0.2) is 55.7 Å². The largest absolute Gasteiger partial charge is 0.485 e. The zero-order chi connectivity index (χ0) is 21.9. The van der Waals surface area contributed by atoms with Gasteiger partial charge in [0.15, 0.2) is 0 Å². The van der Waals surface area contributed by atoms with E-state index in [-0.39, 0.29) is 19.0 Å². The molecule has 0 amide bonds. The van der Waals surface area contributed by atoms with Crippen molar-refractivity contribution in [3.8, 4) is 23.8 Å². The quantitative estimate of drug-likeness (QED) is 0.620. The average Bonchev–Trinajstić information content (AvgIpc) is 2.91. The molecule has 2 aromatic carbocycles. The first-order chi connectivity index (χ1) is 14.9. The fourth-order valence-corrected chi connectivity index (χ4v) is 5.14. The summed E-state index contributed by atoms with van der Waals surface area (Å²) in [7, 11) is -3.33. The first-order valence-electron chi connectivity index (χ1n) is 10.5. The highest BCUT2D eigenvalue weighted by Crippen LogP contribution is 2.36. The smallest absolute Gasteiger partial charge is 0.211 e. The van der Waals surface area contributed by atoms with Gasteiger partial charge < -0.3 is 9.47 Å². The zero-order valence-corrected chi connectivity index (χ0v) is 19.8. The summed E-state index contributed by atoms with van der Waals surface area (Å²) < 4.78 is 38.4. The number of hydrogen-bond donors (Lipinski definition) is 0. The fourth-order valence-electron chi connectivity index (χ4n) is 4.30. The van der Waals surface area contributed by atoms with E-state index in [0.29, 0.717) is 13.1 Å². The summed E-state index contributed by atoms with van der Waals surface area (Å²) in [5, 5.41) is 0. The van der Waals surface area contributed by atoms with Crippen molar-refractivity contribution in [1.82, 2.24) is 9.21 Å². The van der Waals surface area contributed by atoms with Crippen LogP contribution in [0.5, 0.6) is 11.5 Å². The summed E-state index contributed by atoms with van der Waals surface area (Å²) in [6.45, 7) is 3.44. The van der Waals surface area contributed by atoms with Crippen molar-refractivity contribution in [1.29, 1.82) is 0 Å². The van der Waals surface area contributed by atoms with Gasteiger partial charge in [0.25, 0.3) is 0 Å². The van der Waals surface area contributed by atoms with Crippen LogP contribution in [0.25, 0.3) is 0 Å². The van der Waals surface area contributed by atoms with Crippen molar-refractivity contribution in [2.75, 3.05) is 32.5 Å². The Morgan fingerprint density at radius 1 is 1.16 bits per heavy atom. The highest BCUT2D eigenvalue weighted by Gasteiger charge is 2.42. The number of likely N-dealkylation sites (tertiary alicyclic amines) is 1. The Labute approximate surface area is 197 Å². The molecule has 8 heteroatoms. The number of piperidine rings is 1. The highest BCUT2D eigenvalue weighted by atomic mass is 35.5. The first-order valence-corrected chi connectivity index (χ1v) is 12.3. The topological polar surface area (TPSA) is 59.1 Å². The number of nitrogens with zero attached hydrogens (tertiary/aromatic N) is 2. The SMILES string of the molecule is C#CCOc1cccc(CN2CCC3(CC2)CN(S(C)(=O)=O)Cc2ccccc2O3)c1.Cl. The highest BCUT2D eigenvalue weighted by molar-refractivity contribution is 7.88. The summed E-state index contributed by atoms with van der Waals surface area (Å²) in [4.78, 5) is 2.37. The van der Waals surface area contributed by atoms with Crippen LogP contribution in [0.1, 0.15) is 24.0 Å². The average molecular weight is 477 g/mol. The predicted molar refractivity (Wildman–Crippen MR) is 128 cm³/mol. The van der Waals surface area contributed by atoms with Crippen LogP contribution in [0.4, 0.5) is 0 Å². The lowest BCUT2D eigenvalue weighted by Crippen LogP contribution is -2.53. The van der Waals surface area contributed by atoms with Gasteiger partial charge in [-0.05, 0) is 23.8 Å². The number of hydrogen-bond acceptors (Lipinski definition) is 5. The van der Waals surface area contributed by atoms with Crippen molar-refractivity contribution in [3.63, 3.8) is 0 Å². The third-order valence-corrected chi connectivity index (χ3v) is 7.17. The van der Waals surface area contributed by atoms with Gasteiger partial charge in [0.2, 0.25) is 10.0 Å². The lowest BCUT2D eigenvalue weighted by molar-refractivity contribution is -0.00745. The third-order valence-electron chi connectivity index (χ3n) is 5.97. The van der Waals surface area contributed by atoms with Crippen molar-refractivity contribution in [2.45, 2.75) is 31.5 Å². The second-order valence-electron chi connectivity index (χ2n) is 8.34. The van der Waals surface area contributed by atoms with Gasteiger partial charge >= 0.3 is 0 Å². The number of sulfonamides is 1. The van der Waals surface area contributed by atoms with E-state index < -0.39 is 15.6 Å². The van der Waals surface area contributed by atoms with E-state index in [4.69, 9.17) is 15.9 Å². The van der Waals surface area contributed by atoms with E-state index in [2.05, 4.69) is 16.9 Å². The molecule has 0 unspecified atom stereocenters. The Balaban J connectivity index is 0.00000289. The molecule has 2 heterocycles. The van der Waals surface area contributed by atoms with Gasteiger partial charge in [-0.25, -0.2) is 8.42 Å². The lowest BCUT2D eigenvalue weighted by atomic mass is 9.90. The summed E-state index contributed by atoms with van der Waals surface area (Å²) in [6, 6.07) is 15.7. The van der Waals surface area contributed by atoms with Crippen LogP contribution < -0.4 is 9.47 Å². The molecule has 0 aromatic heterocycles. The first kappa shape index (κ1) is 24.4. The molecule has 2 aromatic rings. The van der Waals surface area contributed by atoms with E-state index in [1.165, 1.54) is 6.26 Å². The minimum atomic E-state index is -3.33. The Bertz CT molecular complexity index is 1080. The molecule has 172 valence electrons. The van der Waals surface area contributed by atoms with E-state index in [1.54, 1.807) is 4.31 Å². The van der Waals surface area contributed by atoms with Gasteiger partial charge in [0, 0.05) is 44.6 Å². The van der Waals surface area contributed by atoms with E-state index in [0.717, 1.165) is 55.1 Å². The molecule has 2 aliphatic heterocycles. The number of rotatable bonds is 5. The number of ether oxygens (including phenoxy) is 2. The molecule has 0 atom stereocenters. The molecule has 0 radical (unpaired) electrons. The van der Waals surface area contributed by atoms with Gasteiger partial charge in [-0.1, -0.05) is 36.3 Å². The summed E-state index contributed by atoms with van der Waals surface area (Å²) in [6.07, 6.45) is 8.08. The number of terminal acetylenes is 1. The van der Waals surface area contributed by atoms with Crippen molar-refractivity contribution in [2.24, 2.45) is 0 Å². The van der Waals surface area contributed by atoms with Gasteiger partial charge in [0.05, 0.1) is 12.8 Å². The molecule has 4 rings (SSSR count). The minimum absolute atomic E-state index is 0. The van der Waals surface area contributed by atoms with Gasteiger partial charge in [-0.2, -0.15) is 4.31 Å². The van der Waals surface area contributed by atoms with Crippen molar-refractivity contribution in [3.05, 3.63) is 59.7 Å². The molecule has 1 spiro atoms. The van der Waals surface area contributed by atoms with Gasteiger partial charge in [0.1, 0.15) is 23.7 Å². The Morgan fingerprint density at radius 2 is 1.91 bits per heavy atom. The molecule has 1 fully saturated rings. The zero-order valence-electron chi connectivity index (χ0n) is 18.2. The predicted octanol–water partition coefficient (Wildman–Crippen LogP) is 3.31. The summed E-state index contributed by atoms with van der Waals surface area (Å²) in [5.74, 6) is 4.05. The summed E-state index contributed by atoms with van der Waals surface area (Å²) >= 11 is 0. The van der Waals surface area contributed by atoms with Crippen LogP contribution in [0.3, 0.4) is 0 Å². The molecule has 0 aliphatic carbocycles. The van der Waals surface area contributed by atoms with Gasteiger partial charge in [-0.3, -0.25) is 4.90 Å². The molecule has 6 nitrogen and oxygen atoms in total. The van der Waals surface area contributed by atoms with Crippen molar-refractivity contribution >= 4 is 22.4 Å². The molecule has 32 heavy (non-hydrogen) atoms. The van der Waals surface area contributed by atoms with E-state index in [9.17, 15) is 8.42 Å². The van der Waals surface area contributed by atoms with Crippen LogP contribution >= 0.6 is 12.4 Å². The Kier molecular flexibility index (Phi) is 7.73. The minimum Gasteiger partial charge on any atom is -0.485 e.